The molecule has 0 unspecified atom stereocenters. The largest absolute Gasteiger partial charge is 1.00 e. The average molecular weight is 328 g/mol. The summed E-state index contributed by atoms with van der Waals surface area (Å²) in [6.45, 7) is 2.60. The Morgan fingerprint density at radius 3 is 1.29 bits per heavy atom. The summed E-state index contributed by atoms with van der Waals surface area (Å²) in [4.78, 5) is 0. The summed E-state index contributed by atoms with van der Waals surface area (Å²) in [5.74, 6) is 0. The summed E-state index contributed by atoms with van der Waals surface area (Å²) in [6, 6.07) is 0. The molecule has 0 spiro atoms. The van der Waals surface area contributed by atoms with Crippen LogP contribution in [-0.4, -0.2) is 6.61 Å². The van der Waals surface area contributed by atoms with Crippen LogP contribution < -0.4 is 29.6 Å². The third-order valence-corrected chi connectivity index (χ3v) is 4.04. The van der Waals surface area contributed by atoms with Crippen LogP contribution in [0.5, 0.6) is 0 Å². The molecule has 0 aliphatic rings. The van der Waals surface area contributed by atoms with Gasteiger partial charge in [0.15, 0.2) is 0 Å². The minimum atomic E-state index is -2.33. The molecule has 0 fully saturated rings. The zero-order valence-electron chi connectivity index (χ0n) is 14.2. The second-order valence-corrected chi connectivity index (χ2v) is 6.27. The Balaban J connectivity index is 0. The molecule has 0 aromatic rings. The molecule has 3 nitrogen and oxygen atoms in total. The maximum absolute atomic E-state index is 10.1. The van der Waals surface area contributed by atoms with Gasteiger partial charge in [0.25, 0.3) is 0 Å². The summed E-state index contributed by atoms with van der Waals surface area (Å²) in [7, 11) is -2.33. The van der Waals surface area contributed by atoms with E-state index in [2.05, 4.69) is 11.1 Å². The van der Waals surface area contributed by atoms with Gasteiger partial charge in [-0.05, 0) is 6.42 Å². The van der Waals surface area contributed by atoms with Crippen molar-refractivity contribution in [2.75, 3.05) is 6.61 Å². The van der Waals surface area contributed by atoms with Crippen molar-refractivity contribution in [3.8, 4) is 0 Å². The Kier molecular flexibility index (Phi) is 24.1. The topological polar surface area (TPSA) is 43.4 Å². The van der Waals surface area contributed by atoms with Crippen LogP contribution in [0.4, 0.5) is 0 Å². The molecule has 0 aliphatic heterocycles. The first-order valence-electron chi connectivity index (χ1n) is 8.50. The van der Waals surface area contributed by atoms with E-state index >= 15 is 0 Å². The first-order chi connectivity index (χ1) is 9.77. The Bertz CT molecular complexity index is 250. The predicted octanol–water partition coefficient (Wildman–Crippen LogP) is 2.71. The van der Waals surface area contributed by atoms with E-state index in [-0.39, 0.29) is 29.6 Å². The number of hydrogen-bond acceptors (Lipinski definition) is 4. The van der Waals surface area contributed by atoms with Crippen LogP contribution in [-0.2, 0) is 23.6 Å². The molecule has 0 saturated carbocycles. The van der Waals surface area contributed by atoms with Gasteiger partial charge < -0.3 is 12.6 Å². The average Bonchev–Trinajstić information content (AvgIpc) is 2.43. The Labute approximate surface area is 156 Å². The fraction of sp³-hybridized carbons (Fsp3) is 1.00. The van der Waals surface area contributed by atoms with Crippen molar-refractivity contribution in [3.05, 3.63) is 0 Å². The number of hydrogen-bond donors (Lipinski definition) is 0. The summed E-state index contributed by atoms with van der Waals surface area (Å²) < 4.78 is 24.7. The fourth-order valence-electron chi connectivity index (χ4n) is 2.42. The minimum Gasteiger partial charge on any atom is -0.424 e. The van der Waals surface area contributed by atoms with E-state index in [9.17, 15) is 8.42 Å². The normalized spacial score (nSPS) is 10.8. The minimum absolute atomic E-state index is 0. The van der Waals surface area contributed by atoms with Crippen molar-refractivity contribution in [2.24, 2.45) is 0 Å². The van der Waals surface area contributed by atoms with Crippen LogP contribution in [0.25, 0.3) is 0 Å². The molecule has 0 aromatic carbocycles. The van der Waals surface area contributed by atoms with E-state index in [0.717, 1.165) is 12.8 Å². The predicted molar refractivity (Wildman–Crippen MR) is 85.0 cm³/mol. The van der Waals surface area contributed by atoms with Crippen LogP contribution in [0.2, 0.25) is 0 Å². The quantitative estimate of drug-likeness (QED) is 0.249. The van der Waals surface area contributed by atoms with Gasteiger partial charge in [0, 0.05) is 6.61 Å². The maximum atomic E-state index is 10.1. The molecular formula is C16H33NaO3S. The van der Waals surface area contributed by atoms with Gasteiger partial charge in [-0.3, -0.25) is 0 Å². The van der Waals surface area contributed by atoms with Crippen LogP contribution in [0.1, 0.15) is 96.8 Å². The van der Waals surface area contributed by atoms with E-state index in [1.807, 2.05) is 0 Å². The van der Waals surface area contributed by atoms with E-state index in [4.69, 9.17) is 0 Å². The van der Waals surface area contributed by atoms with Gasteiger partial charge in [-0.25, -0.2) is 0 Å². The Morgan fingerprint density at radius 2 is 0.952 bits per heavy atom. The van der Waals surface area contributed by atoms with E-state index in [0.29, 0.717) is 6.61 Å². The molecule has 122 valence electrons. The first kappa shape index (κ1) is 24.2. The molecule has 0 bridgehead atoms. The molecule has 0 rings (SSSR count). The van der Waals surface area contributed by atoms with Crippen molar-refractivity contribution < 1.29 is 42.2 Å². The van der Waals surface area contributed by atoms with E-state index in [1.165, 1.54) is 77.0 Å². The van der Waals surface area contributed by atoms with Gasteiger partial charge in [0.1, 0.15) is 0 Å². The van der Waals surface area contributed by atoms with Crippen LogP contribution in [0.15, 0.2) is 0 Å². The smallest absolute Gasteiger partial charge is 0.424 e. The molecule has 0 heterocycles. The van der Waals surface area contributed by atoms with Crippen molar-refractivity contribution >= 4 is 11.0 Å². The Hall–Kier alpha value is 0.910. The molecular weight excluding hydrogens is 295 g/mol. The van der Waals surface area contributed by atoms with E-state index in [1.54, 1.807) is 0 Å². The van der Waals surface area contributed by atoms with Gasteiger partial charge in [-0.1, -0.05) is 90.4 Å². The number of rotatable bonds is 16. The first-order valence-corrected chi connectivity index (χ1v) is 9.50. The van der Waals surface area contributed by atoms with Crippen molar-refractivity contribution in [2.45, 2.75) is 96.8 Å². The Morgan fingerprint density at radius 1 is 0.619 bits per heavy atom. The van der Waals surface area contributed by atoms with Crippen LogP contribution >= 0.6 is 0 Å². The van der Waals surface area contributed by atoms with Gasteiger partial charge in [0.2, 0.25) is 0 Å². The third kappa shape index (κ3) is 23.3. The SMILES string of the molecule is CCCCCCCCCCCCCCCCO[S-](=O)=O.[Na+]. The summed E-state index contributed by atoms with van der Waals surface area (Å²) in [5.41, 5.74) is 0. The van der Waals surface area contributed by atoms with Crippen molar-refractivity contribution in [1.82, 2.24) is 0 Å². The number of unbranched alkanes of at least 4 members (excludes halogenated alkanes) is 13. The zero-order valence-corrected chi connectivity index (χ0v) is 17.1. The second-order valence-electron chi connectivity index (χ2n) is 5.62. The molecule has 0 atom stereocenters. The molecule has 0 N–H and O–H groups in total. The molecule has 0 saturated heterocycles. The molecule has 0 aliphatic carbocycles. The van der Waals surface area contributed by atoms with Crippen LogP contribution in [0.3, 0.4) is 0 Å². The third-order valence-electron chi connectivity index (χ3n) is 3.68. The maximum Gasteiger partial charge on any atom is 1.00 e. The van der Waals surface area contributed by atoms with Crippen molar-refractivity contribution in [1.29, 1.82) is 0 Å². The zero-order chi connectivity index (χ0) is 14.9. The van der Waals surface area contributed by atoms with E-state index < -0.39 is 11.0 Å². The van der Waals surface area contributed by atoms with Gasteiger partial charge in [0.05, 0.1) is 11.0 Å². The monoisotopic (exact) mass is 328 g/mol. The van der Waals surface area contributed by atoms with Gasteiger partial charge in [-0.15, -0.1) is 0 Å². The molecule has 5 heteroatoms. The molecule has 21 heavy (non-hydrogen) atoms. The fourth-order valence-corrected chi connectivity index (χ4v) is 2.68. The molecule has 0 amide bonds. The van der Waals surface area contributed by atoms with Crippen LogP contribution in [0, 0.1) is 0 Å². The summed E-state index contributed by atoms with van der Waals surface area (Å²) in [6.07, 6.45) is 18.3. The summed E-state index contributed by atoms with van der Waals surface area (Å²) in [5, 5.41) is 0. The van der Waals surface area contributed by atoms with Gasteiger partial charge in [-0.2, -0.15) is 0 Å². The standard InChI is InChI=1S/C16H33O3S.Na/c1-2-3-4-5-6-7-8-9-10-11-12-13-14-15-16-19-20(17)18;/h2-16H2,1H3;/q-1;+1. The molecule has 0 aromatic heterocycles. The van der Waals surface area contributed by atoms with Gasteiger partial charge >= 0.3 is 29.6 Å². The summed E-state index contributed by atoms with van der Waals surface area (Å²) >= 11 is 0. The molecule has 0 radical (unpaired) electrons. The second kappa shape index (κ2) is 20.9. The van der Waals surface area contributed by atoms with Crippen molar-refractivity contribution in [3.63, 3.8) is 0 Å².